The van der Waals surface area contributed by atoms with Crippen molar-refractivity contribution >= 4 is 11.9 Å². The third kappa shape index (κ3) is 67.2. The lowest BCUT2D eigenvalue weighted by molar-refractivity contribution is -0.143. The standard InChI is InChI=1S/C76H145NO5/c1-3-5-7-9-11-13-15-17-41-45-48-52-56-60-64-68-74(79)73(72-78)77-75(80)69-65-61-57-53-49-46-42-39-37-35-33-31-29-27-25-23-21-19-18-20-22-24-26-28-30-32-34-36-38-40-43-47-51-55-59-63-67-71-82-76(81)70-66-62-58-54-50-44-16-14-12-10-8-6-4-2/h8,10,14,16,18,20,73-74,78-79H,3-7,9,11-13,15,17,19,21-72H2,1-2H3,(H,77,80)/b10-8-,16-14-,20-18-. The summed E-state index contributed by atoms with van der Waals surface area (Å²) in [5.41, 5.74) is 0. The Labute approximate surface area is 513 Å². The molecule has 2 atom stereocenters. The van der Waals surface area contributed by atoms with Crippen molar-refractivity contribution < 1.29 is 24.5 Å². The summed E-state index contributed by atoms with van der Waals surface area (Å²) in [6.07, 6.45) is 92.3. The highest BCUT2D eigenvalue weighted by Crippen LogP contribution is 2.19. The Morgan fingerprint density at radius 3 is 0.988 bits per heavy atom. The van der Waals surface area contributed by atoms with Gasteiger partial charge in [0, 0.05) is 12.8 Å². The van der Waals surface area contributed by atoms with E-state index in [-0.39, 0.29) is 18.5 Å². The number of hydrogen-bond donors (Lipinski definition) is 3. The molecule has 0 saturated heterocycles. The van der Waals surface area contributed by atoms with Crippen LogP contribution in [0.25, 0.3) is 0 Å². The van der Waals surface area contributed by atoms with E-state index in [1.54, 1.807) is 0 Å². The van der Waals surface area contributed by atoms with Crippen LogP contribution in [0.15, 0.2) is 36.5 Å². The SMILES string of the molecule is CCC/C=C\C/C=C\CCCCCCCC(=O)OCCCCCCCCCCCCCCCCCC/C=C\CCCCCCCCCCCCCCCCCCCC(=O)NC(CO)C(O)CCCCCCCCCCCCCCCCC. The Morgan fingerprint density at radius 2 is 0.634 bits per heavy atom. The summed E-state index contributed by atoms with van der Waals surface area (Å²) in [6.45, 7) is 4.92. The van der Waals surface area contributed by atoms with Crippen LogP contribution in [-0.4, -0.2) is 47.4 Å². The topological polar surface area (TPSA) is 95.9 Å². The molecule has 0 aromatic heterocycles. The van der Waals surface area contributed by atoms with Gasteiger partial charge in [0.25, 0.3) is 0 Å². The quantitative estimate of drug-likeness (QED) is 0.0320. The van der Waals surface area contributed by atoms with Crippen LogP contribution in [0, 0.1) is 0 Å². The number of hydrogen-bond acceptors (Lipinski definition) is 5. The van der Waals surface area contributed by atoms with E-state index in [0.717, 1.165) is 51.4 Å². The molecule has 6 nitrogen and oxygen atoms in total. The van der Waals surface area contributed by atoms with Crippen molar-refractivity contribution in [2.45, 2.75) is 424 Å². The van der Waals surface area contributed by atoms with Gasteiger partial charge < -0.3 is 20.3 Å². The van der Waals surface area contributed by atoms with E-state index in [1.807, 2.05) is 0 Å². The molecule has 0 saturated carbocycles. The lowest BCUT2D eigenvalue weighted by Crippen LogP contribution is -2.45. The highest BCUT2D eigenvalue weighted by molar-refractivity contribution is 5.76. The molecule has 3 N–H and O–H groups in total. The maximum Gasteiger partial charge on any atom is 0.305 e. The summed E-state index contributed by atoms with van der Waals surface area (Å²) in [7, 11) is 0. The fourth-order valence-electron chi connectivity index (χ4n) is 11.7. The van der Waals surface area contributed by atoms with Gasteiger partial charge in [-0.15, -0.1) is 0 Å². The highest BCUT2D eigenvalue weighted by Gasteiger charge is 2.20. The van der Waals surface area contributed by atoms with Gasteiger partial charge in [-0.05, 0) is 77.0 Å². The maximum atomic E-state index is 12.5. The average molecular weight is 1150 g/mol. The molecule has 82 heavy (non-hydrogen) atoms. The van der Waals surface area contributed by atoms with Gasteiger partial charge in [-0.1, -0.05) is 359 Å². The molecule has 1 amide bonds. The zero-order valence-electron chi connectivity index (χ0n) is 55.5. The number of rotatable bonds is 70. The normalized spacial score (nSPS) is 12.7. The molecule has 0 aromatic rings. The molecule has 0 aromatic carbocycles. The smallest absolute Gasteiger partial charge is 0.305 e. The summed E-state index contributed by atoms with van der Waals surface area (Å²) in [5.74, 6) is -0.0217. The summed E-state index contributed by atoms with van der Waals surface area (Å²) in [4.78, 5) is 24.6. The van der Waals surface area contributed by atoms with Gasteiger partial charge in [0.05, 0.1) is 25.4 Å². The first-order valence-electron chi connectivity index (χ1n) is 37.2. The predicted molar refractivity (Wildman–Crippen MR) is 361 cm³/mol. The molecular formula is C76H145NO5. The number of aliphatic hydroxyl groups is 2. The Kier molecular flexibility index (Phi) is 69.9. The third-order valence-corrected chi connectivity index (χ3v) is 17.4. The van der Waals surface area contributed by atoms with Crippen molar-refractivity contribution in [3.05, 3.63) is 36.5 Å². The number of nitrogens with one attached hydrogen (secondary N) is 1. The molecule has 0 radical (unpaired) electrons. The minimum Gasteiger partial charge on any atom is -0.466 e. The Morgan fingerprint density at radius 1 is 0.341 bits per heavy atom. The average Bonchev–Trinajstić information content (AvgIpc) is 3.48. The zero-order valence-corrected chi connectivity index (χ0v) is 55.5. The van der Waals surface area contributed by atoms with E-state index >= 15 is 0 Å². The van der Waals surface area contributed by atoms with Crippen LogP contribution in [0.5, 0.6) is 0 Å². The Hall–Kier alpha value is -1.92. The van der Waals surface area contributed by atoms with Crippen LogP contribution in [0.4, 0.5) is 0 Å². The van der Waals surface area contributed by atoms with Crippen molar-refractivity contribution in [2.75, 3.05) is 13.2 Å². The molecule has 0 heterocycles. The van der Waals surface area contributed by atoms with Gasteiger partial charge in [-0.25, -0.2) is 0 Å². The van der Waals surface area contributed by atoms with Crippen LogP contribution in [0.3, 0.4) is 0 Å². The van der Waals surface area contributed by atoms with Crippen molar-refractivity contribution in [2.24, 2.45) is 0 Å². The van der Waals surface area contributed by atoms with Crippen LogP contribution >= 0.6 is 0 Å². The summed E-state index contributed by atoms with van der Waals surface area (Å²) in [6, 6.07) is -0.538. The number of aliphatic hydroxyl groups excluding tert-OH is 2. The van der Waals surface area contributed by atoms with Crippen molar-refractivity contribution in [3.8, 4) is 0 Å². The minimum absolute atomic E-state index is 0.00633. The monoisotopic (exact) mass is 1150 g/mol. The Bertz CT molecular complexity index is 1330. The van der Waals surface area contributed by atoms with Crippen LogP contribution < -0.4 is 5.32 Å². The Balaban J connectivity index is 3.33. The molecule has 0 rings (SSSR count). The predicted octanol–water partition coefficient (Wildman–Crippen LogP) is 24.3. The fraction of sp³-hybridized carbons (Fsp3) is 0.895. The second-order valence-corrected chi connectivity index (χ2v) is 25.6. The summed E-state index contributed by atoms with van der Waals surface area (Å²) < 4.78 is 5.48. The van der Waals surface area contributed by atoms with E-state index in [1.165, 1.54) is 327 Å². The molecule has 0 spiro atoms. The number of allylic oxidation sites excluding steroid dienone is 6. The number of esters is 1. The van der Waals surface area contributed by atoms with E-state index < -0.39 is 12.1 Å². The molecule has 0 fully saturated rings. The summed E-state index contributed by atoms with van der Waals surface area (Å²) in [5, 5.41) is 23.3. The van der Waals surface area contributed by atoms with E-state index in [2.05, 4.69) is 55.6 Å². The van der Waals surface area contributed by atoms with Crippen LogP contribution in [0.2, 0.25) is 0 Å². The van der Waals surface area contributed by atoms with Crippen LogP contribution in [-0.2, 0) is 14.3 Å². The van der Waals surface area contributed by atoms with E-state index in [0.29, 0.717) is 25.9 Å². The number of carbonyl (C=O) groups excluding carboxylic acids is 2. The molecule has 2 unspecified atom stereocenters. The lowest BCUT2D eigenvalue weighted by atomic mass is 10.0. The summed E-state index contributed by atoms with van der Waals surface area (Å²) >= 11 is 0. The number of carbonyl (C=O) groups is 2. The number of amides is 1. The van der Waals surface area contributed by atoms with Gasteiger partial charge in [-0.2, -0.15) is 0 Å². The van der Waals surface area contributed by atoms with Gasteiger partial charge in [-0.3, -0.25) is 9.59 Å². The van der Waals surface area contributed by atoms with Crippen molar-refractivity contribution in [1.82, 2.24) is 5.32 Å². The second kappa shape index (κ2) is 71.6. The minimum atomic E-state index is -0.661. The van der Waals surface area contributed by atoms with Gasteiger partial charge in [0.15, 0.2) is 0 Å². The van der Waals surface area contributed by atoms with E-state index in [9.17, 15) is 19.8 Å². The molecule has 6 heteroatoms. The van der Waals surface area contributed by atoms with Gasteiger partial charge in [0.2, 0.25) is 5.91 Å². The first-order valence-corrected chi connectivity index (χ1v) is 37.2. The fourth-order valence-corrected chi connectivity index (χ4v) is 11.7. The third-order valence-electron chi connectivity index (χ3n) is 17.4. The lowest BCUT2D eigenvalue weighted by Gasteiger charge is -2.22. The molecule has 0 bridgehead atoms. The molecule has 484 valence electrons. The maximum absolute atomic E-state index is 12.5. The van der Waals surface area contributed by atoms with Gasteiger partial charge in [0.1, 0.15) is 0 Å². The molecule has 0 aliphatic rings. The van der Waals surface area contributed by atoms with Crippen molar-refractivity contribution in [1.29, 1.82) is 0 Å². The highest BCUT2D eigenvalue weighted by atomic mass is 16.5. The first kappa shape index (κ1) is 80.1. The van der Waals surface area contributed by atoms with Gasteiger partial charge >= 0.3 is 5.97 Å². The number of ether oxygens (including phenoxy) is 1. The van der Waals surface area contributed by atoms with E-state index in [4.69, 9.17) is 4.74 Å². The molecule has 0 aliphatic heterocycles. The first-order chi connectivity index (χ1) is 40.5. The van der Waals surface area contributed by atoms with Crippen LogP contribution in [0.1, 0.15) is 412 Å². The molecular weight excluding hydrogens is 1010 g/mol. The largest absolute Gasteiger partial charge is 0.466 e. The number of unbranched alkanes of at least 4 members (excludes halogenated alkanes) is 53. The second-order valence-electron chi connectivity index (χ2n) is 25.6. The molecule has 0 aliphatic carbocycles. The zero-order chi connectivity index (χ0) is 59.2. The van der Waals surface area contributed by atoms with Crippen molar-refractivity contribution in [3.63, 3.8) is 0 Å².